The van der Waals surface area contributed by atoms with Crippen molar-refractivity contribution in [1.82, 2.24) is 0 Å². The Morgan fingerprint density at radius 1 is 1.17 bits per heavy atom. The molecule has 4 nitrogen and oxygen atoms in total. The third-order valence-corrected chi connectivity index (χ3v) is 2.60. The van der Waals surface area contributed by atoms with E-state index in [1.807, 2.05) is 37.3 Å². The second-order valence-electron chi connectivity index (χ2n) is 4.14. The number of carbonyl (C=O) groups excluding carboxylic acids is 1. The summed E-state index contributed by atoms with van der Waals surface area (Å²) in [5.74, 6) is -1.11. The molecule has 1 unspecified atom stereocenters. The van der Waals surface area contributed by atoms with Gasteiger partial charge in [0.1, 0.15) is 6.10 Å². The van der Waals surface area contributed by atoms with Crippen LogP contribution in [0.4, 0.5) is 0 Å². The molecule has 0 aliphatic rings. The van der Waals surface area contributed by atoms with E-state index in [4.69, 9.17) is 9.84 Å². The summed E-state index contributed by atoms with van der Waals surface area (Å²) >= 11 is 0. The Labute approximate surface area is 107 Å². The van der Waals surface area contributed by atoms with E-state index in [9.17, 15) is 9.59 Å². The van der Waals surface area contributed by atoms with Crippen molar-refractivity contribution in [2.24, 2.45) is 0 Å². The van der Waals surface area contributed by atoms with Gasteiger partial charge in [-0.1, -0.05) is 30.3 Å². The van der Waals surface area contributed by atoms with Crippen LogP contribution in [-0.4, -0.2) is 17.0 Å². The first-order chi connectivity index (χ1) is 8.59. The van der Waals surface area contributed by atoms with Crippen LogP contribution in [0.5, 0.6) is 0 Å². The Kier molecular flexibility index (Phi) is 5.91. The van der Waals surface area contributed by atoms with Crippen molar-refractivity contribution in [3.63, 3.8) is 0 Å². The van der Waals surface area contributed by atoms with Gasteiger partial charge in [0.2, 0.25) is 0 Å². The average Bonchev–Trinajstić information content (AvgIpc) is 2.35. The van der Waals surface area contributed by atoms with Gasteiger partial charge >= 0.3 is 11.9 Å². The first kappa shape index (κ1) is 14.2. The quantitative estimate of drug-likeness (QED) is 0.597. The maximum absolute atomic E-state index is 11.5. The van der Waals surface area contributed by atoms with Gasteiger partial charge in [-0.2, -0.15) is 0 Å². The highest BCUT2D eigenvalue weighted by Crippen LogP contribution is 2.17. The van der Waals surface area contributed by atoms with Crippen LogP contribution in [-0.2, 0) is 14.3 Å². The summed E-state index contributed by atoms with van der Waals surface area (Å²) in [6.07, 6.45) is 1.15. The van der Waals surface area contributed by atoms with Crippen molar-refractivity contribution in [3.05, 3.63) is 35.9 Å². The van der Waals surface area contributed by atoms with E-state index < -0.39 is 5.97 Å². The molecule has 98 valence electrons. The predicted molar refractivity (Wildman–Crippen MR) is 67.1 cm³/mol. The molecule has 0 fully saturated rings. The van der Waals surface area contributed by atoms with Crippen molar-refractivity contribution in [1.29, 1.82) is 0 Å². The molecule has 0 aliphatic heterocycles. The summed E-state index contributed by atoms with van der Waals surface area (Å²) in [4.78, 5) is 21.8. The lowest BCUT2D eigenvalue weighted by molar-refractivity contribution is -0.149. The number of hydrogen-bond acceptors (Lipinski definition) is 3. The first-order valence-electron chi connectivity index (χ1n) is 6.06. The normalized spacial score (nSPS) is 11.8. The summed E-state index contributed by atoms with van der Waals surface area (Å²) in [7, 11) is 0. The molecule has 4 heteroatoms. The highest BCUT2D eigenvalue weighted by atomic mass is 16.5. The minimum Gasteiger partial charge on any atom is -0.481 e. The van der Waals surface area contributed by atoms with Gasteiger partial charge in [-0.15, -0.1) is 0 Å². The van der Waals surface area contributed by atoms with Crippen molar-refractivity contribution in [2.75, 3.05) is 0 Å². The zero-order chi connectivity index (χ0) is 13.4. The van der Waals surface area contributed by atoms with E-state index in [-0.39, 0.29) is 24.9 Å². The molecule has 0 bridgehead atoms. The van der Waals surface area contributed by atoms with Crippen LogP contribution in [0.3, 0.4) is 0 Å². The molecule has 0 saturated heterocycles. The number of ether oxygens (including phenoxy) is 1. The smallest absolute Gasteiger partial charge is 0.306 e. The van der Waals surface area contributed by atoms with Crippen LogP contribution < -0.4 is 0 Å². The number of unbranched alkanes of at least 4 members (excludes halogenated alkanes) is 1. The number of carbonyl (C=O) groups is 2. The number of carboxylic acid groups (broad SMARTS) is 1. The third kappa shape index (κ3) is 5.48. The standard InChI is InChI=1S/C14H18O4/c1-11(12-7-3-2-4-8-12)18-14(17)10-6-5-9-13(15)16/h2-4,7-8,11H,5-6,9-10H2,1H3,(H,15,16). The van der Waals surface area contributed by atoms with Crippen molar-refractivity contribution < 1.29 is 19.4 Å². The number of benzene rings is 1. The molecule has 18 heavy (non-hydrogen) atoms. The Balaban J connectivity index is 2.26. The largest absolute Gasteiger partial charge is 0.481 e. The molecule has 0 aromatic heterocycles. The summed E-state index contributed by atoms with van der Waals surface area (Å²) in [5.41, 5.74) is 0.955. The van der Waals surface area contributed by atoms with Gasteiger partial charge in [-0.3, -0.25) is 9.59 Å². The highest BCUT2D eigenvalue weighted by Gasteiger charge is 2.11. The third-order valence-electron chi connectivity index (χ3n) is 2.60. The lowest BCUT2D eigenvalue weighted by Crippen LogP contribution is -2.08. The Morgan fingerprint density at radius 2 is 1.78 bits per heavy atom. The number of carboxylic acids is 1. The van der Waals surface area contributed by atoms with Crippen LogP contribution in [0, 0.1) is 0 Å². The monoisotopic (exact) mass is 250 g/mol. The molecule has 1 N–H and O–H groups in total. The van der Waals surface area contributed by atoms with Gasteiger partial charge < -0.3 is 9.84 Å². The fourth-order valence-corrected chi connectivity index (χ4v) is 1.59. The molecule has 1 rings (SSSR count). The zero-order valence-electron chi connectivity index (χ0n) is 10.5. The van der Waals surface area contributed by atoms with Gasteiger partial charge in [0.25, 0.3) is 0 Å². The van der Waals surface area contributed by atoms with Gasteiger partial charge in [0, 0.05) is 12.8 Å². The summed E-state index contributed by atoms with van der Waals surface area (Å²) in [6, 6.07) is 9.51. The molecule has 0 amide bonds. The van der Waals surface area contributed by atoms with Gasteiger partial charge in [0.05, 0.1) is 0 Å². The SMILES string of the molecule is CC(OC(=O)CCCCC(=O)O)c1ccccc1. The summed E-state index contributed by atoms with van der Waals surface area (Å²) in [5, 5.41) is 8.46. The van der Waals surface area contributed by atoms with E-state index in [0.29, 0.717) is 12.8 Å². The topological polar surface area (TPSA) is 63.6 Å². The molecule has 1 aromatic rings. The Morgan fingerprint density at radius 3 is 2.39 bits per heavy atom. The fourth-order valence-electron chi connectivity index (χ4n) is 1.59. The predicted octanol–water partition coefficient (Wildman–Crippen LogP) is 2.94. The molecular weight excluding hydrogens is 232 g/mol. The maximum Gasteiger partial charge on any atom is 0.306 e. The average molecular weight is 250 g/mol. The second-order valence-corrected chi connectivity index (χ2v) is 4.14. The maximum atomic E-state index is 11.5. The van der Waals surface area contributed by atoms with Crippen LogP contribution in [0.15, 0.2) is 30.3 Å². The number of esters is 1. The second kappa shape index (κ2) is 7.48. The number of aliphatic carboxylic acids is 1. The van der Waals surface area contributed by atoms with Gasteiger partial charge in [-0.25, -0.2) is 0 Å². The lowest BCUT2D eigenvalue weighted by Gasteiger charge is -2.13. The highest BCUT2D eigenvalue weighted by molar-refractivity contribution is 5.70. The van der Waals surface area contributed by atoms with E-state index >= 15 is 0 Å². The van der Waals surface area contributed by atoms with Crippen molar-refractivity contribution >= 4 is 11.9 Å². The van der Waals surface area contributed by atoms with Gasteiger partial charge in [0.15, 0.2) is 0 Å². The van der Waals surface area contributed by atoms with Crippen molar-refractivity contribution in [3.8, 4) is 0 Å². The first-order valence-corrected chi connectivity index (χ1v) is 6.06. The van der Waals surface area contributed by atoms with Crippen molar-refractivity contribution in [2.45, 2.75) is 38.7 Å². The van der Waals surface area contributed by atoms with Gasteiger partial charge in [-0.05, 0) is 25.3 Å². The lowest BCUT2D eigenvalue weighted by atomic mass is 10.1. The molecule has 1 atom stereocenters. The molecule has 1 aromatic carbocycles. The Bertz CT molecular complexity index is 386. The molecule has 0 aliphatic carbocycles. The minimum absolute atomic E-state index is 0.0987. The number of hydrogen-bond donors (Lipinski definition) is 1. The van der Waals surface area contributed by atoms with Crippen LogP contribution >= 0.6 is 0 Å². The summed E-state index contributed by atoms with van der Waals surface area (Å²) < 4.78 is 5.26. The molecule has 0 heterocycles. The van der Waals surface area contributed by atoms with Crippen LogP contribution in [0.25, 0.3) is 0 Å². The van der Waals surface area contributed by atoms with E-state index in [0.717, 1.165) is 5.56 Å². The summed E-state index contributed by atoms with van der Waals surface area (Å²) in [6.45, 7) is 1.82. The molecule has 0 spiro atoms. The molecule has 0 saturated carbocycles. The van der Waals surface area contributed by atoms with Crippen LogP contribution in [0.2, 0.25) is 0 Å². The molecule has 0 radical (unpaired) electrons. The minimum atomic E-state index is -0.832. The van der Waals surface area contributed by atoms with E-state index in [2.05, 4.69) is 0 Å². The zero-order valence-corrected chi connectivity index (χ0v) is 10.5. The Hall–Kier alpha value is -1.84. The molecular formula is C14H18O4. The van der Waals surface area contributed by atoms with E-state index in [1.54, 1.807) is 0 Å². The van der Waals surface area contributed by atoms with Crippen LogP contribution in [0.1, 0.15) is 44.3 Å². The fraction of sp³-hybridized carbons (Fsp3) is 0.429. The number of rotatable bonds is 7. The van der Waals surface area contributed by atoms with E-state index in [1.165, 1.54) is 0 Å².